The molecule has 6 heteroatoms. The highest BCUT2D eigenvalue weighted by atomic mass is 19.1. The molecule has 1 heterocycles. The van der Waals surface area contributed by atoms with Gasteiger partial charge in [0.05, 0.1) is 19.1 Å². The fraction of sp³-hybridized carbons (Fsp3) is 0.200. The number of nitrogens with one attached hydrogen (secondary N) is 1. The number of benzene rings is 3. The molecule has 0 radical (unpaired) electrons. The average molecular weight is 418 g/mol. The first kappa shape index (κ1) is 20.6. The van der Waals surface area contributed by atoms with Crippen LogP contribution in [-0.4, -0.2) is 18.9 Å². The van der Waals surface area contributed by atoms with E-state index in [1.807, 2.05) is 42.5 Å². The highest BCUT2D eigenvalue weighted by Crippen LogP contribution is 2.42. The Bertz CT molecular complexity index is 1050. The molecule has 0 bridgehead atoms. The number of carbonyl (C=O) groups is 2. The van der Waals surface area contributed by atoms with E-state index >= 15 is 0 Å². The maximum atomic E-state index is 13.5. The third-order valence-electron chi connectivity index (χ3n) is 5.53. The van der Waals surface area contributed by atoms with Gasteiger partial charge in [-0.2, -0.15) is 0 Å². The Kier molecular flexibility index (Phi) is 5.98. The van der Waals surface area contributed by atoms with Crippen LogP contribution in [0.15, 0.2) is 78.9 Å². The van der Waals surface area contributed by atoms with Gasteiger partial charge in [0.25, 0.3) is 0 Å². The molecule has 1 N–H and O–H groups in total. The van der Waals surface area contributed by atoms with Gasteiger partial charge in [-0.1, -0.05) is 42.5 Å². The van der Waals surface area contributed by atoms with E-state index in [0.717, 1.165) is 11.1 Å². The molecular weight excluding hydrogens is 395 g/mol. The second kappa shape index (κ2) is 9.00. The predicted octanol–water partition coefficient (Wildman–Crippen LogP) is 4.24. The number of carbonyl (C=O) groups excluding carboxylic acids is 2. The summed E-state index contributed by atoms with van der Waals surface area (Å²) in [6.07, 6.45) is 0.0781. The Morgan fingerprint density at radius 1 is 1.03 bits per heavy atom. The Labute approximate surface area is 180 Å². The summed E-state index contributed by atoms with van der Waals surface area (Å²) in [7, 11) is 1.58. The quantitative estimate of drug-likeness (QED) is 0.651. The van der Waals surface area contributed by atoms with Crippen LogP contribution in [0, 0.1) is 11.7 Å². The molecule has 1 saturated heterocycles. The van der Waals surface area contributed by atoms with Gasteiger partial charge in [-0.05, 0) is 47.5 Å². The zero-order valence-electron chi connectivity index (χ0n) is 17.1. The van der Waals surface area contributed by atoms with Crippen molar-refractivity contribution < 1.29 is 18.7 Å². The Morgan fingerprint density at radius 3 is 2.35 bits per heavy atom. The van der Waals surface area contributed by atoms with E-state index in [0.29, 0.717) is 18.0 Å². The van der Waals surface area contributed by atoms with Gasteiger partial charge in [0.2, 0.25) is 11.8 Å². The Balaban J connectivity index is 1.64. The number of rotatable bonds is 6. The van der Waals surface area contributed by atoms with Crippen LogP contribution in [0.5, 0.6) is 5.75 Å². The molecular formula is C25H23FN2O3. The van der Waals surface area contributed by atoms with E-state index in [4.69, 9.17) is 4.74 Å². The van der Waals surface area contributed by atoms with Crippen molar-refractivity contribution in [1.29, 1.82) is 0 Å². The maximum absolute atomic E-state index is 13.5. The van der Waals surface area contributed by atoms with Crippen LogP contribution in [-0.2, 0) is 16.1 Å². The molecule has 0 aromatic heterocycles. The van der Waals surface area contributed by atoms with Crippen LogP contribution >= 0.6 is 0 Å². The van der Waals surface area contributed by atoms with Gasteiger partial charge < -0.3 is 15.0 Å². The molecule has 1 aliphatic rings. The van der Waals surface area contributed by atoms with E-state index in [2.05, 4.69) is 5.32 Å². The number of hydrogen-bond acceptors (Lipinski definition) is 3. The number of amides is 2. The topological polar surface area (TPSA) is 58.6 Å². The van der Waals surface area contributed by atoms with Crippen molar-refractivity contribution in [2.45, 2.75) is 19.0 Å². The van der Waals surface area contributed by atoms with Gasteiger partial charge >= 0.3 is 0 Å². The molecule has 158 valence electrons. The molecule has 31 heavy (non-hydrogen) atoms. The minimum atomic E-state index is -0.574. The third kappa shape index (κ3) is 4.43. The van der Waals surface area contributed by atoms with Crippen molar-refractivity contribution in [3.05, 3.63) is 95.8 Å². The number of methoxy groups -OCH3 is 1. The highest BCUT2D eigenvalue weighted by molar-refractivity contribution is 6.01. The minimum Gasteiger partial charge on any atom is -0.497 e. The van der Waals surface area contributed by atoms with Crippen LogP contribution < -0.4 is 15.0 Å². The molecule has 1 unspecified atom stereocenters. The van der Waals surface area contributed by atoms with E-state index in [-0.39, 0.29) is 24.1 Å². The number of nitrogens with zero attached hydrogens (tertiary/aromatic N) is 1. The van der Waals surface area contributed by atoms with Crippen LogP contribution in [0.2, 0.25) is 0 Å². The normalized spacial score (nSPS) is 18.1. The first-order valence-electron chi connectivity index (χ1n) is 10.1. The fourth-order valence-electron chi connectivity index (χ4n) is 3.97. The SMILES string of the molecule is COc1ccc([C@@H]2C(C(=O)NCc3ccccc3)CC(=O)N2c2ccc(F)cc2)cc1. The van der Waals surface area contributed by atoms with Gasteiger partial charge in [0.15, 0.2) is 0 Å². The maximum Gasteiger partial charge on any atom is 0.228 e. The van der Waals surface area contributed by atoms with Gasteiger partial charge in [0.1, 0.15) is 11.6 Å². The summed E-state index contributed by atoms with van der Waals surface area (Å²) in [4.78, 5) is 27.7. The molecule has 5 nitrogen and oxygen atoms in total. The smallest absolute Gasteiger partial charge is 0.228 e. The number of ether oxygens (including phenoxy) is 1. The van der Waals surface area contributed by atoms with Crippen molar-refractivity contribution >= 4 is 17.5 Å². The van der Waals surface area contributed by atoms with Crippen molar-refractivity contribution in [2.75, 3.05) is 12.0 Å². The Hall–Kier alpha value is -3.67. The van der Waals surface area contributed by atoms with Gasteiger partial charge in [-0.3, -0.25) is 9.59 Å². The molecule has 0 aliphatic carbocycles. The molecule has 3 aromatic carbocycles. The molecule has 0 saturated carbocycles. The van der Waals surface area contributed by atoms with Gasteiger partial charge in [0, 0.05) is 18.7 Å². The molecule has 1 aliphatic heterocycles. The first-order valence-corrected chi connectivity index (χ1v) is 10.1. The summed E-state index contributed by atoms with van der Waals surface area (Å²) >= 11 is 0. The number of halogens is 1. The summed E-state index contributed by atoms with van der Waals surface area (Å²) in [5, 5.41) is 2.96. The third-order valence-corrected chi connectivity index (χ3v) is 5.53. The van der Waals surface area contributed by atoms with Crippen molar-refractivity contribution in [3.8, 4) is 5.75 Å². The summed E-state index contributed by atoms with van der Waals surface area (Å²) in [5.41, 5.74) is 2.36. The number of anilines is 1. The molecule has 1 fully saturated rings. The molecule has 2 atom stereocenters. The van der Waals surface area contributed by atoms with Gasteiger partial charge in [-0.15, -0.1) is 0 Å². The second-order valence-corrected chi connectivity index (χ2v) is 7.47. The monoisotopic (exact) mass is 418 g/mol. The summed E-state index contributed by atoms with van der Waals surface area (Å²) in [6.45, 7) is 0.385. The summed E-state index contributed by atoms with van der Waals surface area (Å²) in [6, 6.07) is 22.2. The van der Waals surface area contributed by atoms with Crippen LogP contribution in [0.25, 0.3) is 0 Å². The lowest BCUT2D eigenvalue weighted by molar-refractivity contribution is -0.127. The zero-order valence-corrected chi connectivity index (χ0v) is 17.1. The van der Waals surface area contributed by atoms with E-state index in [1.54, 1.807) is 36.3 Å². The molecule has 0 spiro atoms. The fourth-order valence-corrected chi connectivity index (χ4v) is 3.97. The summed E-state index contributed by atoms with van der Waals surface area (Å²) in [5.74, 6) is -0.635. The highest BCUT2D eigenvalue weighted by Gasteiger charge is 2.45. The molecule has 2 amide bonds. The predicted molar refractivity (Wildman–Crippen MR) is 116 cm³/mol. The van der Waals surface area contributed by atoms with Crippen molar-refractivity contribution in [2.24, 2.45) is 5.92 Å². The minimum absolute atomic E-state index is 0.0781. The van der Waals surface area contributed by atoms with Crippen LogP contribution in [0.3, 0.4) is 0 Å². The van der Waals surface area contributed by atoms with Gasteiger partial charge in [-0.25, -0.2) is 4.39 Å². The van der Waals surface area contributed by atoms with E-state index in [1.165, 1.54) is 12.1 Å². The van der Waals surface area contributed by atoms with Crippen LogP contribution in [0.1, 0.15) is 23.6 Å². The van der Waals surface area contributed by atoms with E-state index in [9.17, 15) is 14.0 Å². The zero-order chi connectivity index (χ0) is 21.8. The molecule has 4 rings (SSSR count). The lowest BCUT2D eigenvalue weighted by Gasteiger charge is -2.28. The lowest BCUT2D eigenvalue weighted by atomic mass is 9.92. The van der Waals surface area contributed by atoms with Crippen LogP contribution in [0.4, 0.5) is 10.1 Å². The summed E-state index contributed by atoms with van der Waals surface area (Å²) < 4.78 is 18.7. The van der Waals surface area contributed by atoms with Crippen molar-refractivity contribution in [1.82, 2.24) is 5.32 Å². The Morgan fingerprint density at radius 2 is 1.71 bits per heavy atom. The molecule has 3 aromatic rings. The average Bonchev–Trinajstić information content (AvgIpc) is 3.16. The standard InChI is InChI=1S/C25H23FN2O3/c1-31-21-13-7-18(8-14-21)24-22(25(30)27-16-17-5-3-2-4-6-17)15-23(29)28(24)20-11-9-19(26)10-12-20/h2-14,22,24H,15-16H2,1H3,(H,27,30)/t22?,24-/m1/s1. The second-order valence-electron chi connectivity index (χ2n) is 7.47. The first-order chi connectivity index (χ1) is 15.1. The number of hydrogen-bond donors (Lipinski definition) is 1. The largest absolute Gasteiger partial charge is 0.497 e. The van der Waals surface area contributed by atoms with E-state index < -0.39 is 12.0 Å². The van der Waals surface area contributed by atoms with Crippen molar-refractivity contribution in [3.63, 3.8) is 0 Å². The lowest BCUT2D eigenvalue weighted by Crippen LogP contribution is -2.35.